The number of carbonyl (C=O) groups excluding carboxylic acids is 2. The summed E-state index contributed by atoms with van der Waals surface area (Å²) in [4.78, 5) is 23.5. The van der Waals surface area contributed by atoms with Crippen LogP contribution in [0.15, 0.2) is 24.3 Å². The Bertz CT molecular complexity index is 564. The van der Waals surface area contributed by atoms with Crippen molar-refractivity contribution >= 4 is 17.6 Å². The van der Waals surface area contributed by atoms with E-state index in [1.807, 2.05) is 0 Å². The number of anilines is 1. The molecular weight excluding hydrogens is 327 g/mol. The molecule has 1 aromatic carbocycles. The van der Waals surface area contributed by atoms with Crippen molar-refractivity contribution in [2.24, 2.45) is 0 Å². The second-order valence-corrected chi connectivity index (χ2v) is 5.07. The van der Waals surface area contributed by atoms with Gasteiger partial charge >= 0.3 is 12.2 Å². The van der Waals surface area contributed by atoms with Gasteiger partial charge in [-0.05, 0) is 32.0 Å². The molecule has 9 heteroatoms. The van der Waals surface area contributed by atoms with Crippen LogP contribution in [0.1, 0.15) is 24.2 Å². The summed E-state index contributed by atoms with van der Waals surface area (Å²) in [6.45, 7) is 2.14. The highest BCUT2D eigenvalue weighted by molar-refractivity contribution is 5.96. The predicted octanol–water partition coefficient (Wildman–Crippen LogP) is 2.53. The molecule has 0 aliphatic rings. The first kappa shape index (κ1) is 19.8. The van der Waals surface area contributed by atoms with Crippen molar-refractivity contribution in [1.29, 1.82) is 0 Å². The van der Waals surface area contributed by atoms with E-state index in [2.05, 4.69) is 20.7 Å². The van der Waals surface area contributed by atoms with Crippen LogP contribution in [0.3, 0.4) is 0 Å². The first-order valence-electron chi connectivity index (χ1n) is 7.31. The van der Waals surface area contributed by atoms with Crippen LogP contribution in [-0.4, -0.2) is 43.9 Å². The summed E-state index contributed by atoms with van der Waals surface area (Å²) in [6.07, 6.45) is -4.40. The molecule has 0 aromatic heterocycles. The van der Waals surface area contributed by atoms with Crippen LogP contribution in [0, 0.1) is 0 Å². The second kappa shape index (κ2) is 9.11. The molecule has 0 bridgehead atoms. The van der Waals surface area contributed by atoms with Crippen molar-refractivity contribution in [3.05, 3.63) is 29.8 Å². The highest BCUT2D eigenvalue weighted by atomic mass is 19.4. The second-order valence-electron chi connectivity index (χ2n) is 5.07. The minimum atomic E-state index is -4.40. The summed E-state index contributed by atoms with van der Waals surface area (Å²) in [6, 6.07) is 5.07. The summed E-state index contributed by atoms with van der Waals surface area (Å²) < 4.78 is 40.3. The van der Waals surface area contributed by atoms with Crippen LogP contribution in [0.5, 0.6) is 0 Å². The lowest BCUT2D eigenvalue weighted by atomic mass is 10.2. The number of hydrogen-bond acceptors (Lipinski definition) is 3. The summed E-state index contributed by atoms with van der Waals surface area (Å²) in [5.41, 5.74) is 0.774. The number of benzene rings is 1. The molecular formula is C15H20F3N3O3. The zero-order valence-electron chi connectivity index (χ0n) is 13.4. The smallest absolute Gasteiger partial charge is 0.370 e. The molecule has 0 unspecified atom stereocenters. The van der Waals surface area contributed by atoms with Crippen molar-refractivity contribution in [2.75, 3.05) is 25.1 Å². The number of nitrogens with one attached hydrogen (secondary N) is 3. The lowest BCUT2D eigenvalue weighted by Gasteiger charge is -2.16. The molecule has 0 radical (unpaired) electrons. The van der Waals surface area contributed by atoms with Crippen molar-refractivity contribution in [3.8, 4) is 0 Å². The van der Waals surface area contributed by atoms with Gasteiger partial charge in [0.15, 0.2) is 0 Å². The van der Waals surface area contributed by atoms with Crippen molar-refractivity contribution in [1.82, 2.24) is 10.6 Å². The molecule has 0 saturated heterocycles. The molecule has 0 aliphatic heterocycles. The number of hydrogen-bond donors (Lipinski definition) is 3. The van der Waals surface area contributed by atoms with E-state index in [0.29, 0.717) is 17.8 Å². The summed E-state index contributed by atoms with van der Waals surface area (Å²) >= 11 is 0. The zero-order chi connectivity index (χ0) is 18.2. The monoisotopic (exact) mass is 347 g/mol. The van der Waals surface area contributed by atoms with E-state index in [1.54, 1.807) is 25.1 Å². The van der Waals surface area contributed by atoms with Crippen molar-refractivity contribution < 1.29 is 27.5 Å². The standard InChI is InChI=1S/C15H20F3N3O3/c1-3-19-13(22)11-5-4-6-12(7-11)21-14(23)20-10(2)8-24-9-15(16,17)18/h4-7,10H,3,8-9H2,1-2H3,(H,19,22)(H2,20,21,23)/t10-/m0/s1. The maximum absolute atomic E-state index is 12.0. The Hall–Kier alpha value is -2.29. The number of rotatable bonds is 7. The van der Waals surface area contributed by atoms with Gasteiger partial charge in [0.25, 0.3) is 5.91 Å². The van der Waals surface area contributed by atoms with E-state index in [0.717, 1.165) is 0 Å². The molecule has 0 fully saturated rings. The Morgan fingerprint density at radius 1 is 1.29 bits per heavy atom. The van der Waals surface area contributed by atoms with E-state index in [1.165, 1.54) is 13.0 Å². The first-order valence-corrected chi connectivity index (χ1v) is 7.31. The number of urea groups is 1. The largest absolute Gasteiger partial charge is 0.411 e. The molecule has 134 valence electrons. The molecule has 24 heavy (non-hydrogen) atoms. The van der Waals surface area contributed by atoms with Crippen LogP contribution in [0.4, 0.5) is 23.7 Å². The van der Waals surface area contributed by atoms with Gasteiger partial charge in [0.2, 0.25) is 0 Å². The Morgan fingerprint density at radius 3 is 2.62 bits per heavy atom. The average Bonchev–Trinajstić information content (AvgIpc) is 2.46. The van der Waals surface area contributed by atoms with Crippen molar-refractivity contribution in [3.63, 3.8) is 0 Å². The number of amides is 3. The van der Waals surface area contributed by atoms with Gasteiger partial charge in [-0.3, -0.25) is 4.79 Å². The molecule has 3 amide bonds. The lowest BCUT2D eigenvalue weighted by Crippen LogP contribution is -2.39. The van der Waals surface area contributed by atoms with Crippen LogP contribution in [-0.2, 0) is 4.74 Å². The highest BCUT2D eigenvalue weighted by Crippen LogP contribution is 2.14. The van der Waals surface area contributed by atoms with Crippen LogP contribution < -0.4 is 16.0 Å². The third-order valence-corrected chi connectivity index (χ3v) is 2.73. The van der Waals surface area contributed by atoms with Gasteiger partial charge in [0.1, 0.15) is 6.61 Å². The Kier molecular flexibility index (Phi) is 7.50. The fourth-order valence-corrected chi connectivity index (χ4v) is 1.78. The third-order valence-electron chi connectivity index (χ3n) is 2.73. The minimum Gasteiger partial charge on any atom is -0.370 e. The molecule has 6 nitrogen and oxygen atoms in total. The summed E-state index contributed by atoms with van der Waals surface area (Å²) in [7, 11) is 0. The normalized spacial score (nSPS) is 12.4. The Morgan fingerprint density at radius 2 is 2.00 bits per heavy atom. The highest BCUT2D eigenvalue weighted by Gasteiger charge is 2.27. The predicted molar refractivity (Wildman–Crippen MR) is 82.9 cm³/mol. The first-order chi connectivity index (χ1) is 11.2. The molecule has 3 N–H and O–H groups in total. The quantitative estimate of drug-likeness (QED) is 0.709. The van der Waals surface area contributed by atoms with Gasteiger partial charge in [-0.25, -0.2) is 4.79 Å². The van der Waals surface area contributed by atoms with Gasteiger partial charge in [-0.2, -0.15) is 13.2 Å². The van der Waals surface area contributed by atoms with Crippen LogP contribution in [0.25, 0.3) is 0 Å². The van der Waals surface area contributed by atoms with E-state index >= 15 is 0 Å². The van der Waals surface area contributed by atoms with E-state index in [-0.39, 0.29) is 12.5 Å². The Labute approximate surface area is 137 Å². The fourth-order valence-electron chi connectivity index (χ4n) is 1.78. The van der Waals surface area contributed by atoms with Gasteiger partial charge in [0.05, 0.1) is 12.6 Å². The van der Waals surface area contributed by atoms with Gasteiger partial charge < -0.3 is 20.7 Å². The maximum atomic E-state index is 12.0. The number of ether oxygens (including phenoxy) is 1. The summed E-state index contributed by atoms with van der Waals surface area (Å²) in [5.74, 6) is -0.268. The van der Waals surface area contributed by atoms with Crippen LogP contribution in [0.2, 0.25) is 0 Å². The number of alkyl halides is 3. The zero-order valence-corrected chi connectivity index (χ0v) is 13.4. The molecule has 0 aliphatic carbocycles. The molecule has 1 rings (SSSR count). The topological polar surface area (TPSA) is 79.5 Å². The number of carbonyl (C=O) groups is 2. The summed E-state index contributed by atoms with van der Waals surface area (Å²) in [5, 5.41) is 7.59. The number of halogens is 3. The Balaban J connectivity index is 2.47. The van der Waals surface area contributed by atoms with E-state index < -0.39 is 24.9 Å². The lowest BCUT2D eigenvalue weighted by molar-refractivity contribution is -0.174. The molecule has 0 saturated carbocycles. The minimum absolute atomic E-state index is 0.268. The van der Waals surface area contributed by atoms with E-state index in [9.17, 15) is 22.8 Å². The van der Waals surface area contributed by atoms with Gasteiger partial charge in [-0.15, -0.1) is 0 Å². The van der Waals surface area contributed by atoms with E-state index in [4.69, 9.17) is 0 Å². The van der Waals surface area contributed by atoms with Gasteiger partial charge in [-0.1, -0.05) is 6.07 Å². The van der Waals surface area contributed by atoms with Crippen LogP contribution >= 0.6 is 0 Å². The SMILES string of the molecule is CCNC(=O)c1cccc(NC(=O)N[C@@H](C)COCC(F)(F)F)c1. The molecule has 0 spiro atoms. The third kappa shape index (κ3) is 7.82. The molecule has 1 atom stereocenters. The maximum Gasteiger partial charge on any atom is 0.411 e. The van der Waals surface area contributed by atoms with Gasteiger partial charge in [0, 0.05) is 17.8 Å². The van der Waals surface area contributed by atoms with Crippen molar-refractivity contribution in [2.45, 2.75) is 26.1 Å². The fraction of sp³-hybridized carbons (Fsp3) is 0.467. The molecule has 0 heterocycles. The average molecular weight is 347 g/mol. The molecule has 1 aromatic rings.